The number of rotatable bonds is 9. The van der Waals surface area contributed by atoms with Crippen LogP contribution in [-0.2, 0) is 11.3 Å². The lowest BCUT2D eigenvalue weighted by Crippen LogP contribution is -2.29. The molecule has 0 saturated carbocycles. The summed E-state index contributed by atoms with van der Waals surface area (Å²) in [4.78, 5) is 6.79. The predicted octanol–water partition coefficient (Wildman–Crippen LogP) is 6.00. The number of anilines is 1. The second-order valence-electron chi connectivity index (χ2n) is 8.94. The molecule has 4 aromatic rings. The number of methoxy groups -OCH3 is 1. The molecule has 0 bridgehead atoms. The Morgan fingerprint density at radius 2 is 1.97 bits per heavy atom. The number of nitrogens with one attached hydrogen (secondary N) is 1. The van der Waals surface area contributed by atoms with Crippen LogP contribution in [0.5, 0.6) is 5.75 Å². The zero-order valence-corrected chi connectivity index (χ0v) is 22.6. The van der Waals surface area contributed by atoms with E-state index >= 15 is 0 Å². The van der Waals surface area contributed by atoms with E-state index in [0.29, 0.717) is 35.6 Å². The first-order valence-corrected chi connectivity index (χ1v) is 12.9. The lowest BCUT2D eigenvalue weighted by Gasteiger charge is -2.28. The van der Waals surface area contributed by atoms with E-state index in [1.54, 1.807) is 13.4 Å². The Hall–Kier alpha value is -3.33. The highest BCUT2D eigenvalue weighted by molar-refractivity contribution is 7.80. The van der Waals surface area contributed by atoms with Gasteiger partial charge >= 0.3 is 0 Å². The second-order valence-corrected chi connectivity index (χ2v) is 9.74. The third-order valence-corrected chi connectivity index (χ3v) is 7.27. The normalized spacial score (nSPS) is 17.3. The molecule has 0 aliphatic carbocycles. The SMILES string of the molecule is COCCOc1ccc(N2C(=S)N[C@H](c3ccccn3)[C@H]2c2cc(C)n(Cc3ccco3)c2C)cc1Cl. The van der Waals surface area contributed by atoms with Gasteiger partial charge in [0, 0.05) is 30.4 Å². The molecule has 0 amide bonds. The van der Waals surface area contributed by atoms with Crippen molar-refractivity contribution in [3.05, 3.63) is 100 Å². The van der Waals surface area contributed by atoms with E-state index in [-0.39, 0.29) is 12.1 Å². The summed E-state index contributed by atoms with van der Waals surface area (Å²) >= 11 is 12.5. The van der Waals surface area contributed by atoms with Crippen LogP contribution < -0.4 is 15.0 Å². The van der Waals surface area contributed by atoms with Crippen LogP contribution in [0.3, 0.4) is 0 Å². The number of aryl methyl sites for hydroxylation is 1. The molecule has 7 nitrogen and oxygen atoms in total. The van der Waals surface area contributed by atoms with Gasteiger partial charge in [-0.05, 0) is 80.2 Å². The Bertz CT molecular complexity index is 1370. The number of furan rings is 1. The zero-order valence-electron chi connectivity index (χ0n) is 21.0. The number of halogens is 1. The van der Waals surface area contributed by atoms with E-state index in [1.165, 1.54) is 0 Å². The molecule has 37 heavy (non-hydrogen) atoms. The van der Waals surface area contributed by atoms with Crippen molar-refractivity contribution in [3.63, 3.8) is 0 Å². The fourth-order valence-corrected chi connectivity index (χ4v) is 5.44. The van der Waals surface area contributed by atoms with E-state index < -0.39 is 0 Å². The van der Waals surface area contributed by atoms with Crippen LogP contribution in [0.25, 0.3) is 0 Å². The molecule has 1 aromatic carbocycles. The first kappa shape index (κ1) is 25.3. The van der Waals surface area contributed by atoms with E-state index in [9.17, 15) is 0 Å². The number of hydrogen-bond acceptors (Lipinski definition) is 5. The van der Waals surface area contributed by atoms with Gasteiger partial charge in [0.2, 0.25) is 0 Å². The molecule has 192 valence electrons. The van der Waals surface area contributed by atoms with Gasteiger partial charge in [-0.15, -0.1) is 0 Å². The molecule has 1 N–H and O–H groups in total. The van der Waals surface area contributed by atoms with Crippen molar-refractivity contribution in [2.24, 2.45) is 0 Å². The summed E-state index contributed by atoms with van der Waals surface area (Å²) in [6.45, 7) is 5.82. The molecule has 5 rings (SSSR count). The molecular formula is C28H29ClN4O3S. The standard InChI is InChI=1S/C28H29ClN4O3S/c1-18-15-22(19(2)32(18)17-21-7-6-12-35-21)27-26(24-8-4-5-11-30-24)31-28(37)33(27)20-9-10-25(23(29)16-20)36-14-13-34-3/h4-12,15-16,26-27H,13-14,17H2,1-3H3,(H,31,37)/t26-,27-/m1/s1. The van der Waals surface area contributed by atoms with Gasteiger partial charge < -0.3 is 28.7 Å². The highest BCUT2D eigenvalue weighted by Gasteiger charge is 2.42. The first-order chi connectivity index (χ1) is 18.0. The fraction of sp³-hybridized carbons (Fsp3) is 0.286. The maximum absolute atomic E-state index is 6.64. The summed E-state index contributed by atoms with van der Waals surface area (Å²) in [6.07, 6.45) is 3.51. The van der Waals surface area contributed by atoms with Crippen molar-refractivity contribution in [3.8, 4) is 5.75 Å². The Balaban J connectivity index is 1.56. The van der Waals surface area contributed by atoms with Crippen molar-refractivity contribution in [2.45, 2.75) is 32.5 Å². The molecule has 4 heterocycles. The van der Waals surface area contributed by atoms with E-state index in [1.807, 2.05) is 54.7 Å². The van der Waals surface area contributed by atoms with Crippen LogP contribution in [0, 0.1) is 13.8 Å². The third kappa shape index (κ3) is 5.09. The Morgan fingerprint density at radius 1 is 1.11 bits per heavy atom. The molecule has 1 saturated heterocycles. The number of hydrogen-bond donors (Lipinski definition) is 1. The third-order valence-electron chi connectivity index (χ3n) is 6.66. The average Bonchev–Trinajstić information content (AvgIpc) is 3.60. The number of aromatic nitrogens is 2. The summed E-state index contributed by atoms with van der Waals surface area (Å²) in [6, 6.07) is 17.5. The quantitative estimate of drug-likeness (QED) is 0.208. The molecule has 1 fully saturated rings. The topological polar surface area (TPSA) is 64.7 Å². The fourth-order valence-electron chi connectivity index (χ4n) is 4.87. The molecule has 2 atom stereocenters. The van der Waals surface area contributed by atoms with Crippen LogP contribution in [0.4, 0.5) is 5.69 Å². The first-order valence-electron chi connectivity index (χ1n) is 12.1. The highest BCUT2D eigenvalue weighted by Crippen LogP contribution is 2.44. The van der Waals surface area contributed by atoms with Gasteiger partial charge in [0.1, 0.15) is 18.1 Å². The summed E-state index contributed by atoms with van der Waals surface area (Å²) in [5.74, 6) is 1.51. The molecule has 0 spiro atoms. The van der Waals surface area contributed by atoms with Crippen molar-refractivity contribution >= 4 is 34.6 Å². The van der Waals surface area contributed by atoms with Crippen LogP contribution in [0.1, 0.15) is 40.5 Å². The molecule has 1 aliphatic rings. The summed E-state index contributed by atoms with van der Waals surface area (Å²) < 4.78 is 18.7. The van der Waals surface area contributed by atoms with Crippen molar-refractivity contribution < 1.29 is 13.9 Å². The van der Waals surface area contributed by atoms with E-state index in [4.69, 9.17) is 37.7 Å². The van der Waals surface area contributed by atoms with Crippen molar-refractivity contribution in [1.82, 2.24) is 14.9 Å². The van der Waals surface area contributed by atoms with Crippen molar-refractivity contribution in [1.29, 1.82) is 0 Å². The van der Waals surface area contributed by atoms with Gasteiger partial charge in [0.15, 0.2) is 5.11 Å². The van der Waals surface area contributed by atoms with Crippen LogP contribution >= 0.6 is 23.8 Å². The maximum atomic E-state index is 6.64. The molecule has 0 radical (unpaired) electrons. The van der Waals surface area contributed by atoms with Gasteiger partial charge in [-0.1, -0.05) is 17.7 Å². The largest absolute Gasteiger partial charge is 0.490 e. The molecule has 3 aromatic heterocycles. The van der Waals surface area contributed by atoms with E-state index in [0.717, 1.165) is 34.1 Å². The van der Waals surface area contributed by atoms with Gasteiger partial charge in [0.25, 0.3) is 0 Å². The maximum Gasteiger partial charge on any atom is 0.174 e. The minimum Gasteiger partial charge on any atom is -0.490 e. The lowest BCUT2D eigenvalue weighted by atomic mass is 9.96. The minimum absolute atomic E-state index is 0.143. The Kier molecular flexibility index (Phi) is 7.50. The molecule has 0 unspecified atom stereocenters. The number of pyridine rings is 1. The highest BCUT2D eigenvalue weighted by atomic mass is 35.5. The van der Waals surface area contributed by atoms with Gasteiger partial charge in [-0.25, -0.2) is 0 Å². The summed E-state index contributed by atoms with van der Waals surface area (Å²) in [5.41, 5.74) is 5.23. The number of nitrogens with zero attached hydrogens (tertiary/aromatic N) is 3. The van der Waals surface area contributed by atoms with Crippen molar-refractivity contribution in [2.75, 3.05) is 25.2 Å². The van der Waals surface area contributed by atoms with Gasteiger partial charge in [-0.2, -0.15) is 0 Å². The molecular weight excluding hydrogens is 508 g/mol. The Labute approximate surface area is 227 Å². The monoisotopic (exact) mass is 536 g/mol. The Morgan fingerprint density at radius 3 is 2.68 bits per heavy atom. The van der Waals surface area contributed by atoms with Gasteiger partial charge in [0.05, 0.1) is 42.2 Å². The van der Waals surface area contributed by atoms with E-state index in [2.05, 4.69) is 39.7 Å². The van der Waals surface area contributed by atoms with Crippen LogP contribution in [0.2, 0.25) is 5.02 Å². The number of thiocarbonyl (C=S) groups is 1. The molecule has 1 aliphatic heterocycles. The average molecular weight is 537 g/mol. The second kappa shape index (κ2) is 11.0. The molecule has 9 heteroatoms. The van der Waals surface area contributed by atoms with Crippen LogP contribution in [0.15, 0.2) is 71.5 Å². The smallest absolute Gasteiger partial charge is 0.174 e. The van der Waals surface area contributed by atoms with Crippen LogP contribution in [-0.4, -0.2) is 35.0 Å². The lowest BCUT2D eigenvalue weighted by molar-refractivity contribution is 0.146. The minimum atomic E-state index is -0.150. The summed E-state index contributed by atoms with van der Waals surface area (Å²) in [5, 5.41) is 4.65. The summed E-state index contributed by atoms with van der Waals surface area (Å²) in [7, 11) is 1.64. The predicted molar refractivity (Wildman–Crippen MR) is 148 cm³/mol. The zero-order chi connectivity index (χ0) is 25.9. The number of benzene rings is 1. The van der Waals surface area contributed by atoms with Gasteiger partial charge in [-0.3, -0.25) is 4.98 Å². The number of ether oxygens (including phenoxy) is 2.